The number of aryl methyl sites for hydroxylation is 1. The lowest BCUT2D eigenvalue weighted by atomic mass is 10.1. The van der Waals surface area contributed by atoms with Crippen LogP contribution < -0.4 is 10.3 Å². The summed E-state index contributed by atoms with van der Waals surface area (Å²) in [4.78, 5) is 18.0. The van der Waals surface area contributed by atoms with Crippen LogP contribution in [-0.4, -0.2) is 16.7 Å². The minimum atomic E-state index is -0.108. The molecule has 0 bridgehead atoms. The number of hydrogen-bond acceptors (Lipinski definition) is 3. The van der Waals surface area contributed by atoms with E-state index in [9.17, 15) is 4.79 Å². The van der Waals surface area contributed by atoms with E-state index < -0.39 is 0 Å². The maximum absolute atomic E-state index is 13.3. The van der Waals surface area contributed by atoms with E-state index in [-0.39, 0.29) is 5.56 Å². The van der Waals surface area contributed by atoms with E-state index in [4.69, 9.17) is 9.72 Å². The monoisotopic (exact) mass is 368 g/mol. The van der Waals surface area contributed by atoms with Gasteiger partial charge >= 0.3 is 0 Å². The maximum Gasteiger partial charge on any atom is 0.266 e. The Hall–Kier alpha value is -3.66. The van der Waals surface area contributed by atoms with Crippen LogP contribution in [0.4, 0.5) is 0 Å². The van der Waals surface area contributed by atoms with Crippen molar-refractivity contribution in [1.82, 2.24) is 9.55 Å². The largest absolute Gasteiger partial charge is 0.497 e. The molecular formula is C24H20N2O2. The zero-order valence-electron chi connectivity index (χ0n) is 15.8. The normalized spacial score (nSPS) is 11.2. The third-order valence-corrected chi connectivity index (χ3v) is 4.71. The Bertz CT molecular complexity index is 1240. The number of nitrogens with zero attached hydrogens (tertiary/aromatic N) is 2. The SMILES string of the molecule is COc1cccc(-n2c(C=Cc3ccccc3C)nc3ccccc3c2=O)c1. The number of aromatic nitrogens is 2. The summed E-state index contributed by atoms with van der Waals surface area (Å²) >= 11 is 0. The molecule has 3 aromatic carbocycles. The fourth-order valence-corrected chi connectivity index (χ4v) is 3.20. The molecule has 0 N–H and O–H groups in total. The molecule has 0 aliphatic carbocycles. The average molecular weight is 368 g/mol. The number of ether oxygens (including phenoxy) is 1. The molecule has 0 radical (unpaired) electrons. The fraction of sp³-hybridized carbons (Fsp3) is 0.0833. The first kappa shape index (κ1) is 17.7. The molecule has 0 saturated carbocycles. The van der Waals surface area contributed by atoms with Crippen molar-refractivity contribution in [1.29, 1.82) is 0 Å². The molecule has 1 heterocycles. The van der Waals surface area contributed by atoms with E-state index in [0.717, 1.165) is 11.1 Å². The summed E-state index contributed by atoms with van der Waals surface area (Å²) < 4.78 is 6.96. The predicted octanol–water partition coefficient (Wildman–Crippen LogP) is 4.87. The van der Waals surface area contributed by atoms with Gasteiger partial charge in [0.1, 0.15) is 11.6 Å². The van der Waals surface area contributed by atoms with Gasteiger partial charge in [-0.15, -0.1) is 0 Å². The van der Waals surface area contributed by atoms with Crippen LogP contribution in [0, 0.1) is 6.92 Å². The first-order valence-corrected chi connectivity index (χ1v) is 9.07. The summed E-state index contributed by atoms with van der Waals surface area (Å²) in [6.45, 7) is 2.06. The lowest BCUT2D eigenvalue weighted by Gasteiger charge is -2.12. The second kappa shape index (κ2) is 7.53. The summed E-state index contributed by atoms with van der Waals surface area (Å²) in [6.07, 6.45) is 3.87. The number of benzene rings is 3. The van der Waals surface area contributed by atoms with Crippen LogP contribution >= 0.6 is 0 Å². The van der Waals surface area contributed by atoms with Gasteiger partial charge in [0.05, 0.1) is 23.7 Å². The van der Waals surface area contributed by atoms with Crippen molar-refractivity contribution in [2.45, 2.75) is 6.92 Å². The van der Waals surface area contributed by atoms with Crippen molar-refractivity contribution in [3.8, 4) is 11.4 Å². The molecule has 0 atom stereocenters. The molecule has 0 aliphatic rings. The van der Waals surface area contributed by atoms with Crippen LogP contribution in [0.25, 0.3) is 28.7 Å². The molecule has 138 valence electrons. The molecule has 1 aromatic heterocycles. The molecule has 4 rings (SSSR count). The van der Waals surface area contributed by atoms with Crippen molar-refractivity contribution < 1.29 is 4.74 Å². The minimum absolute atomic E-state index is 0.108. The molecule has 4 heteroatoms. The zero-order valence-corrected chi connectivity index (χ0v) is 15.8. The Morgan fingerprint density at radius 3 is 2.54 bits per heavy atom. The van der Waals surface area contributed by atoms with E-state index in [1.54, 1.807) is 17.7 Å². The molecule has 4 aromatic rings. The third kappa shape index (κ3) is 3.32. The van der Waals surface area contributed by atoms with Crippen LogP contribution in [0.2, 0.25) is 0 Å². The van der Waals surface area contributed by atoms with Gasteiger partial charge in [0.25, 0.3) is 5.56 Å². The highest BCUT2D eigenvalue weighted by atomic mass is 16.5. The van der Waals surface area contributed by atoms with Crippen LogP contribution in [0.1, 0.15) is 17.0 Å². The Morgan fingerprint density at radius 2 is 1.71 bits per heavy atom. The fourth-order valence-electron chi connectivity index (χ4n) is 3.20. The minimum Gasteiger partial charge on any atom is -0.497 e. The van der Waals surface area contributed by atoms with Gasteiger partial charge in [0, 0.05) is 6.07 Å². The molecule has 0 amide bonds. The van der Waals surface area contributed by atoms with Gasteiger partial charge in [0.15, 0.2) is 0 Å². The molecule has 0 aliphatic heterocycles. The Morgan fingerprint density at radius 1 is 0.929 bits per heavy atom. The highest BCUT2D eigenvalue weighted by Gasteiger charge is 2.11. The standard InChI is InChI=1S/C24H20N2O2/c1-17-8-3-4-9-18(17)14-15-23-25-22-13-6-5-12-21(22)24(27)26(23)19-10-7-11-20(16-19)28-2/h3-16H,1-2H3. The molecular weight excluding hydrogens is 348 g/mol. The quantitative estimate of drug-likeness (QED) is 0.516. The van der Waals surface area contributed by atoms with Gasteiger partial charge in [-0.05, 0) is 48.4 Å². The highest BCUT2D eigenvalue weighted by Crippen LogP contribution is 2.19. The van der Waals surface area contributed by atoms with Gasteiger partial charge in [-0.1, -0.05) is 48.5 Å². The number of methoxy groups -OCH3 is 1. The van der Waals surface area contributed by atoms with E-state index in [1.807, 2.05) is 72.8 Å². The molecule has 0 saturated heterocycles. The number of hydrogen-bond donors (Lipinski definition) is 0. The van der Waals surface area contributed by atoms with Gasteiger partial charge < -0.3 is 4.74 Å². The summed E-state index contributed by atoms with van der Waals surface area (Å²) in [6, 6.07) is 22.9. The van der Waals surface area contributed by atoms with Crippen molar-refractivity contribution in [2.24, 2.45) is 0 Å². The smallest absolute Gasteiger partial charge is 0.266 e. The van der Waals surface area contributed by atoms with Crippen LogP contribution in [0.5, 0.6) is 5.75 Å². The van der Waals surface area contributed by atoms with E-state index >= 15 is 0 Å². The van der Waals surface area contributed by atoms with E-state index in [2.05, 4.69) is 13.0 Å². The Balaban J connectivity index is 1.96. The summed E-state index contributed by atoms with van der Waals surface area (Å²) in [5.74, 6) is 1.26. The summed E-state index contributed by atoms with van der Waals surface area (Å²) in [5, 5.41) is 0.582. The van der Waals surface area contributed by atoms with Gasteiger partial charge in [0.2, 0.25) is 0 Å². The van der Waals surface area contributed by atoms with Crippen LogP contribution in [-0.2, 0) is 0 Å². The second-order valence-electron chi connectivity index (χ2n) is 6.52. The second-order valence-corrected chi connectivity index (χ2v) is 6.52. The molecule has 28 heavy (non-hydrogen) atoms. The van der Waals surface area contributed by atoms with Gasteiger partial charge in [-0.3, -0.25) is 9.36 Å². The third-order valence-electron chi connectivity index (χ3n) is 4.71. The summed E-state index contributed by atoms with van der Waals surface area (Å²) in [5.41, 5.74) is 3.53. The number of para-hydroxylation sites is 1. The predicted molar refractivity (Wildman–Crippen MR) is 114 cm³/mol. The first-order chi connectivity index (χ1) is 13.7. The van der Waals surface area contributed by atoms with Gasteiger partial charge in [-0.2, -0.15) is 0 Å². The van der Waals surface area contributed by atoms with Crippen molar-refractivity contribution in [3.63, 3.8) is 0 Å². The van der Waals surface area contributed by atoms with Crippen molar-refractivity contribution in [3.05, 3.63) is 100 Å². The van der Waals surface area contributed by atoms with Gasteiger partial charge in [-0.25, -0.2) is 4.98 Å². The van der Waals surface area contributed by atoms with E-state index in [0.29, 0.717) is 28.2 Å². The zero-order chi connectivity index (χ0) is 19.5. The average Bonchev–Trinajstić information content (AvgIpc) is 2.73. The Kier molecular flexibility index (Phi) is 4.77. The van der Waals surface area contributed by atoms with Crippen LogP contribution in [0.15, 0.2) is 77.6 Å². The Labute approximate surface area is 163 Å². The topological polar surface area (TPSA) is 44.1 Å². The first-order valence-electron chi connectivity index (χ1n) is 9.07. The number of fused-ring (bicyclic) bond motifs is 1. The lowest BCUT2D eigenvalue weighted by molar-refractivity contribution is 0.414. The van der Waals surface area contributed by atoms with Crippen molar-refractivity contribution >= 4 is 23.1 Å². The highest BCUT2D eigenvalue weighted by molar-refractivity contribution is 5.80. The molecule has 0 unspecified atom stereocenters. The van der Waals surface area contributed by atoms with E-state index in [1.165, 1.54) is 0 Å². The molecule has 0 spiro atoms. The summed E-state index contributed by atoms with van der Waals surface area (Å²) in [7, 11) is 1.61. The van der Waals surface area contributed by atoms with Crippen LogP contribution in [0.3, 0.4) is 0 Å². The maximum atomic E-state index is 13.3. The number of rotatable bonds is 4. The lowest BCUT2D eigenvalue weighted by Crippen LogP contribution is -2.22. The molecule has 0 fully saturated rings. The molecule has 4 nitrogen and oxygen atoms in total. The van der Waals surface area contributed by atoms with Crippen molar-refractivity contribution in [2.75, 3.05) is 7.11 Å².